The van der Waals surface area contributed by atoms with Crippen molar-refractivity contribution in [1.82, 2.24) is 9.71 Å². The minimum absolute atomic E-state index is 0.272. The summed E-state index contributed by atoms with van der Waals surface area (Å²) in [5.74, 6) is 1.30. The monoisotopic (exact) mass is 362 g/mol. The van der Waals surface area contributed by atoms with Crippen LogP contribution in [0.4, 0.5) is 0 Å². The normalized spacial score (nSPS) is 11.8. The molecule has 0 atom stereocenters. The molecule has 0 bridgehead atoms. The Hall–Kier alpha value is -1.96. The number of hydrogen-bond donors (Lipinski definition) is 1. The lowest BCUT2D eigenvalue weighted by Gasteiger charge is -2.08. The summed E-state index contributed by atoms with van der Waals surface area (Å²) in [4.78, 5) is 5.74. The number of nitrogens with zero attached hydrogens (tertiary/aromatic N) is 1. The van der Waals surface area contributed by atoms with Crippen molar-refractivity contribution in [2.75, 3.05) is 6.54 Å². The van der Waals surface area contributed by atoms with Crippen molar-refractivity contribution in [3.8, 4) is 10.8 Å². The quantitative estimate of drug-likeness (QED) is 0.728. The van der Waals surface area contributed by atoms with Crippen LogP contribution in [-0.4, -0.2) is 19.9 Å². The second kappa shape index (κ2) is 6.88. The van der Waals surface area contributed by atoms with Crippen LogP contribution in [0.5, 0.6) is 0 Å². The van der Waals surface area contributed by atoms with E-state index in [4.69, 9.17) is 4.42 Å². The lowest BCUT2D eigenvalue weighted by Crippen LogP contribution is -2.26. The van der Waals surface area contributed by atoms with Crippen molar-refractivity contribution in [3.05, 3.63) is 58.8 Å². The van der Waals surface area contributed by atoms with Gasteiger partial charge < -0.3 is 4.42 Å². The van der Waals surface area contributed by atoms with Crippen molar-refractivity contribution in [2.24, 2.45) is 0 Å². The van der Waals surface area contributed by atoms with Gasteiger partial charge in [-0.1, -0.05) is 24.3 Å². The predicted octanol–water partition coefficient (Wildman–Crippen LogP) is 3.54. The van der Waals surface area contributed by atoms with Crippen molar-refractivity contribution < 1.29 is 12.8 Å². The summed E-state index contributed by atoms with van der Waals surface area (Å²) in [6, 6.07) is 10.8. The van der Waals surface area contributed by atoms with Crippen LogP contribution in [0, 0.1) is 13.8 Å². The Balaban J connectivity index is 1.68. The first-order valence-electron chi connectivity index (χ1n) is 7.53. The maximum absolute atomic E-state index is 12.4. The van der Waals surface area contributed by atoms with Gasteiger partial charge in [-0.2, -0.15) is 0 Å². The number of thiophene rings is 1. The van der Waals surface area contributed by atoms with E-state index in [0.29, 0.717) is 23.0 Å². The molecule has 126 valence electrons. The zero-order valence-corrected chi connectivity index (χ0v) is 15.1. The van der Waals surface area contributed by atoms with Gasteiger partial charge in [0.05, 0.1) is 15.5 Å². The van der Waals surface area contributed by atoms with Gasteiger partial charge >= 0.3 is 0 Å². The molecule has 7 heteroatoms. The highest BCUT2D eigenvalue weighted by Gasteiger charge is 2.17. The molecule has 0 spiro atoms. The Bertz CT molecular complexity index is 929. The predicted molar refractivity (Wildman–Crippen MR) is 94.6 cm³/mol. The van der Waals surface area contributed by atoms with Crippen molar-refractivity contribution in [1.29, 1.82) is 0 Å². The van der Waals surface area contributed by atoms with Crippen molar-refractivity contribution in [3.63, 3.8) is 0 Å². The molecule has 24 heavy (non-hydrogen) atoms. The largest absolute Gasteiger partial charge is 0.440 e. The molecular weight excluding hydrogens is 344 g/mol. The fourth-order valence-corrected chi connectivity index (χ4v) is 4.33. The molecule has 2 aromatic heterocycles. The van der Waals surface area contributed by atoms with Gasteiger partial charge in [0, 0.05) is 13.0 Å². The van der Waals surface area contributed by atoms with Gasteiger partial charge in [-0.15, -0.1) is 11.3 Å². The van der Waals surface area contributed by atoms with Crippen LogP contribution in [0.25, 0.3) is 10.8 Å². The second-order valence-electron chi connectivity index (χ2n) is 5.41. The van der Waals surface area contributed by atoms with E-state index in [-0.39, 0.29) is 6.54 Å². The summed E-state index contributed by atoms with van der Waals surface area (Å²) in [5, 5.41) is 1.96. The minimum atomic E-state index is -3.52. The van der Waals surface area contributed by atoms with E-state index in [2.05, 4.69) is 9.71 Å². The molecule has 1 aromatic carbocycles. The fraction of sp³-hybridized carbons (Fsp3) is 0.235. The number of hydrogen-bond acceptors (Lipinski definition) is 5. The SMILES string of the molecule is Cc1ccccc1S(=O)(=O)NCCc1nc(-c2cccs2)oc1C. The highest BCUT2D eigenvalue weighted by Crippen LogP contribution is 2.26. The Morgan fingerprint density at radius 1 is 1.17 bits per heavy atom. The summed E-state index contributed by atoms with van der Waals surface area (Å²) < 4.78 is 33.0. The summed E-state index contributed by atoms with van der Waals surface area (Å²) in [6.07, 6.45) is 0.478. The number of aryl methyl sites for hydroxylation is 2. The van der Waals surface area contributed by atoms with Gasteiger partial charge in [0.1, 0.15) is 5.76 Å². The van der Waals surface area contributed by atoms with Crippen LogP contribution in [0.3, 0.4) is 0 Å². The third kappa shape index (κ3) is 3.58. The first kappa shape index (κ1) is 16.9. The molecule has 0 aliphatic heterocycles. The Morgan fingerprint density at radius 2 is 1.96 bits per heavy atom. The molecule has 0 radical (unpaired) electrons. The van der Waals surface area contributed by atoms with E-state index >= 15 is 0 Å². The molecule has 3 aromatic rings. The van der Waals surface area contributed by atoms with Crippen LogP contribution >= 0.6 is 11.3 Å². The van der Waals surface area contributed by atoms with Gasteiger partial charge in [-0.25, -0.2) is 18.1 Å². The molecule has 2 heterocycles. The van der Waals surface area contributed by atoms with Gasteiger partial charge in [-0.05, 0) is 36.9 Å². The highest BCUT2D eigenvalue weighted by molar-refractivity contribution is 7.89. The number of benzene rings is 1. The van der Waals surface area contributed by atoms with Crippen LogP contribution in [0.1, 0.15) is 17.0 Å². The zero-order chi connectivity index (χ0) is 17.2. The summed E-state index contributed by atoms with van der Waals surface area (Å²) >= 11 is 1.56. The Morgan fingerprint density at radius 3 is 2.67 bits per heavy atom. The highest BCUT2D eigenvalue weighted by atomic mass is 32.2. The van der Waals surface area contributed by atoms with Gasteiger partial charge in [0.2, 0.25) is 15.9 Å². The smallest absolute Gasteiger partial charge is 0.240 e. The van der Waals surface area contributed by atoms with Gasteiger partial charge in [0.25, 0.3) is 0 Å². The third-order valence-electron chi connectivity index (χ3n) is 3.66. The van der Waals surface area contributed by atoms with Gasteiger partial charge in [0.15, 0.2) is 0 Å². The number of aromatic nitrogens is 1. The van der Waals surface area contributed by atoms with Crippen LogP contribution < -0.4 is 4.72 Å². The van der Waals surface area contributed by atoms with E-state index in [9.17, 15) is 8.42 Å². The molecule has 1 N–H and O–H groups in total. The average molecular weight is 362 g/mol. The number of oxazole rings is 1. The number of rotatable bonds is 6. The maximum Gasteiger partial charge on any atom is 0.240 e. The first-order chi connectivity index (χ1) is 11.5. The zero-order valence-electron chi connectivity index (χ0n) is 13.4. The maximum atomic E-state index is 12.4. The average Bonchev–Trinajstić information content (AvgIpc) is 3.18. The molecular formula is C17H18N2O3S2. The molecule has 0 amide bonds. The first-order valence-corrected chi connectivity index (χ1v) is 9.89. The standard InChI is InChI=1S/C17H18N2O3S2/c1-12-6-3-4-8-16(12)24(20,21)18-10-9-14-13(2)22-17(19-14)15-7-5-11-23-15/h3-8,11,18H,9-10H2,1-2H3. The third-order valence-corrected chi connectivity index (χ3v) is 6.14. The Kier molecular flexibility index (Phi) is 4.84. The molecule has 5 nitrogen and oxygen atoms in total. The van der Waals surface area contributed by atoms with Gasteiger partial charge in [-0.3, -0.25) is 0 Å². The minimum Gasteiger partial charge on any atom is -0.440 e. The van der Waals surface area contributed by atoms with Crippen LogP contribution in [0.2, 0.25) is 0 Å². The van der Waals surface area contributed by atoms with E-state index in [1.54, 1.807) is 36.5 Å². The molecule has 3 rings (SSSR count). The van der Waals surface area contributed by atoms with E-state index in [1.165, 1.54) is 0 Å². The molecule has 0 aliphatic rings. The lowest BCUT2D eigenvalue weighted by atomic mass is 10.2. The van der Waals surface area contributed by atoms with Crippen LogP contribution in [-0.2, 0) is 16.4 Å². The summed E-state index contributed by atoms with van der Waals surface area (Å²) in [5.41, 5.74) is 1.49. The molecule has 0 saturated carbocycles. The van der Waals surface area contributed by atoms with Crippen molar-refractivity contribution in [2.45, 2.75) is 25.2 Å². The van der Waals surface area contributed by atoms with E-state index in [0.717, 1.165) is 16.1 Å². The number of nitrogens with one attached hydrogen (secondary N) is 1. The molecule has 0 fully saturated rings. The topological polar surface area (TPSA) is 72.2 Å². The fourth-order valence-electron chi connectivity index (χ4n) is 2.41. The van der Waals surface area contributed by atoms with Crippen molar-refractivity contribution >= 4 is 21.4 Å². The molecule has 0 aliphatic carbocycles. The van der Waals surface area contributed by atoms with E-state index in [1.807, 2.05) is 30.5 Å². The summed E-state index contributed by atoms with van der Waals surface area (Å²) in [6.45, 7) is 3.90. The van der Waals surface area contributed by atoms with E-state index < -0.39 is 10.0 Å². The second-order valence-corrected chi connectivity index (χ2v) is 8.10. The number of sulfonamides is 1. The van der Waals surface area contributed by atoms with Crippen LogP contribution in [0.15, 0.2) is 51.1 Å². The molecule has 0 saturated heterocycles. The Labute approximate surface area is 145 Å². The lowest BCUT2D eigenvalue weighted by molar-refractivity contribution is 0.539. The molecule has 0 unspecified atom stereocenters. The summed E-state index contributed by atoms with van der Waals surface area (Å²) in [7, 11) is -3.52.